The summed E-state index contributed by atoms with van der Waals surface area (Å²) in [4.78, 5) is 17.8. The van der Waals surface area contributed by atoms with E-state index in [-0.39, 0.29) is 11.4 Å². The van der Waals surface area contributed by atoms with Gasteiger partial charge in [-0.25, -0.2) is 8.42 Å². The number of amidine groups is 1. The Balaban J connectivity index is 1.35. The van der Waals surface area contributed by atoms with Crippen LogP contribution in [0.4, 0.5) is 13.2 Å². The van der Waals surface area contributed by atoms with Gasteiger partial charge in [0, 0.05) is 29.1 Å². The average molecular weight is 597 g/mol. The Hall–Kier alpha value is -2.63. The molecule has 216 valence electrons. The highest BCUT2D eigenvalue weighted by Gasteiger charge is 2.75. The number of nitrogens with zero attached hydrogens (tertiary/aromatic N) is 2. The van der Waals surface area contributed by atoms with Crippen LogP contribution in [0.2, 0.25) is 5.02 Å². The standard InChI is InChI=1S/C28H32ClF3N4O3S/c1-18-6-4-5-7-21(18)40(38,39)36(14-19-8-10-20(29)11-9-19)27-15-26(16-27,17-27)24-34-22(25(2,3)35-24)23(37)33-13-12-28(30,31)32/h4-11,22H,12-17H2,1-3H3,(H,33,37)(H,34,35)/t22-,26?,27?/m0/s1. The van der Waals surface area contributed by atoms with Gasteiger partial charge in [0.2, 0.25) is 15.9 Å². The van der Waals surface area contributed by atoms with Gasteiger partial charge in [-0.2, -0.15) is 17.5 Å². The van der Waals surface area contributed by atoms with Gasteiger partial charge in [-0.1, -0.05) is 41.9 Å². The fourth-order valence-electron chi connectivity index (χ4n) is 6.26. The maximum absolute atomic E-state index is 14.1. The summed E-state index contributed by atoms with van der Waals surface area (Å²) in [6.45, 7) is 4.97. The van der Waals surface area contributed by atoms with Gasteiger partial charge in [0.15, 0.2) is 0 Å². The zero-order chi connectivity index (χ0) is 29.1. The highest BCUT2D eigenvalue weighted by Crippen LogP contribution is 2.71. The lowest BCUT2D eigenvalue weighted by molar-refractivity contribution is -0.151. The van der Waals surface area contributed by atoms with E-state index in [2.05, 4.69) is 10.6 Å². The fourth-order valence-corrected chi connectivity index (χ4v) is 8.38. The Morgan fingerprint density at radius 3 is 2.35 bits per heavy atom. The van der Waals surface area contributed by atoms with Crippen LogP contribution in [-0.2, 0) is 21.4 Å². The first-order valence-corrected chi connectivity index (χ1v) is 14.9. The molecule has 2 aromatic rings. The molecule has 0 aromatic heterocycles. The Morgan fingerprint density at radius 1 is 1.12 bits per heavy atom. The molecule has 6 rings (SSSR count). The summed E-state index contributed by atoms with van der Waals surface area (Å²) in [5.74, 6) is 0.0795. The molecule has 1 heterocycles. The molecular weight excluding hydrogens is 565 g/mol. The minimum atomic E-state index is -4.36. The monoisotopic (exact) mass is 596 g/mol. The molecule has 7 nitrogen and oxygen atoms in total. The normalized spacial score (nSPS) is 26.9. The van der Waals surface area contributed by atoms with Crippen molar-refractivity contribution in [1.82, 2.24) is 14.9 Å². The second-order valence-corrected chi connectivity index (χ2v) is 14.1. The topological polar surface area (TPSA) is 90.9 Å². The SMILES string of the molecule is Cc1ccccc1S(=O)(=O)N(Cc1ccc(Cl)cc1)C12CC(C3=NC(C)(C)[C@H](C(=O)NCCC(F)(F)F)N3)(C1)C2. The molecule has 2 bridgehead atoms. The van der Waals surface area contributed by atoms with Crippen molar-refractivity contribution in [2.45, 2.75) is 81.2 Å². The number of alkyl halides is 3. The van der Waals surface area contributed by atoms with Gasteiger partial charge in [0.1, 0.15) is 11.9 Å². The van der Waals surface area contributed by atoms with E-state index in [9.17, 15) is 26.4 Å². The number of sulfonamides is 1. The number of benzene rings is 2. The number of aliphatic imine (C=N–C) groups is 1. The molecule has 4 aliphatic rings. The molecule has 2 aromatic carbocycles. The fraction of sp³-hybridized carbons (Fsp3) is 0.500. The summed E-state index contributed by atoms with van der Waals surface area (Å²) < 4.78 is 67.3. The van der Waals surface area contributed by atoms with Crippen molar-refractivity contribution < 1.29 is 26.4 Å². The molecule has 0 saturated heterocycles. The van der Waals surface area contributed by atoms with Gasteiger partial charge in [-0.3, -0.25) is 9.79 Å². The van der Waals surface area contributed by atoms with E-state index in [0.717, 1.165) is 5.56 Å². The highest BCUT2D eigenvalue weighted by molar-refractivity contribution is 7.89. The minimum absolute atomic E-state index is 0.180. The minimum Gasteiger partial charge on any atom is -0.360 e. The number of nitrogens with one attached hydrogen (secondary N) is 2. The number of halogens is 4. The Morgan fingerprint density at radius 2 is 1.75 bits per heavy atom. The van der Waals surface area contributed by atoms with E-state index in [1.165, 1.54) is 0 Å². The van der Waals surface area contributed by atoms with E-state index in [4.69, 9.17) is 16.6 Å². The summed E-state index contributed by atoms with van der Waals surface area (Å²) in [5.41, 5.74) is -0.405. The Bertz CT molecular complexity index is 1440. The molecule has 12 heteroatoms. The van der Waals surface area contributed by atoms with Crippen LogP contribution in [0.3, 0.4) is 0 Å². The number of amides is 1. The lowest BCUT2D eigenvalue weighted by Gasteiger charge is -2.72. The Labute approximate surface area is 237 Å². The summed E-state index contributed by atoms with van der Waals surface area (Å²) in [6.07, 6.45) is -3.87. The molecule has 2 N–H and O–H groups in total. The van der Waals surface area contributed by atoms with Crippen molar-refractivity contribution >= 4 is 33.4 Å². The predicted molar refractivity (Wildman–Crippen MR) is 146 cm³/mol. The van der Waals surface area contributed by atoms with Gasteiger partial charge in [-0.05, 0) is 69.4 Å². The number of hydrogen-bond donors (Lipinski definition) is 2. The molecular formula is C28H32ClF3N4O3S. The van der Waals surface area contributed by atoms with Crippen LogP contribution in [0.15, 0.2) is 58.4 Å². The number of carbonyl (C=O) groups is 1. The summed E-state index contributed by atoms with van der Waals surface area (Å²) in [6, 6.07) is 13.2. The molecule has 0 unspecified atom stereocenters. The molecule has 3 fully saturated rings. The number of rotatable bonds is 9. The van der Waals surface area contributed by atoms with E-state index >= 15 is 0 Å². The molecule has 0 radical (unpaired) electrons. The second-order valence-electron chi connectivity index (χ2n) is 11.8. The first kappa shape index (κ1) is 28.9. The first-order chi connectivity index (χ1) is 18.6. The molecule has 1 atom stereocenters. The Kier molecular flexibility index (Phi) is 7.03. The summed E-state index contributed by atoms with van der Waals surface area (Å²) >= 11 is 6.06. The zero-order valence-corrected chi connectivity index (χ0v) is 24.1. The molecule has 1 amide bonds. The number of aryl methyl sites for hydroxylation is 1. The van der Waals surface area contributed by atoms with E-state index in [1.807, 2.05) is 12.1 Å². The van der Waals surface area contributed by atoms with Crippen LogP contribution in [0.25, 0.3) is 0 Å². The third-order valence-corrected chi connectivity index (χ3v) is 10.7. The smallest absolute Gasteiger partial charge is 0.360 e. The maximum atomic E-state index is 14.1. The third kappa shape index (κ3) is 5.12. The zero-order valence-electron chi connectivity index (χ0n) is 22.5. The molecule has 3 saturated carbocycles. The van der Waals surface area contributed by atoms with Crippen molar-refractivity contribution in [3.8, 4) is 0 Å². The number of hydrogen-bond acceptors (Lipinski definition) is 5. The lowest BCUT2D eigenvalue weighted by Crippen LogP contribution is -2.78. The van der Waals surface area contributed by atoms with Crippen molar-refractivity contribution in [3.05, 3.63) is 64.7 Å². The highest BCUT2D eigenvalue weighted by atomic mass is 35.5. The van der Waals surface area contributed by atoms with Crippen LogP contribution in [0.1, 0.15) is 50.7 Å². The van der Waals surface area contributed by atoms with Gasteiger partial charge in [0.05, 0.1) is 16.9 Å². The molecule has 3 aliphatic carbocycles. The molecule has 40 heavy (non-hydrogen) atoms. The molecule has 0 spiro atoms. The quantitative estimate of drug-likeness (QED) is 0.427. The summed E-state index contributed by atoms with van der Waals surface area (Å²) in [7, 11) is -3.86. The average Bonchev–Trinajstić information content (AvgIpc) is 3.12. The largest absolute Gasteiger partial charge is 0.390 e. The lowest BCUT2D eigenvalue weighted by atomic mass is 9.38. The van der Waals surface area contributed by atoms with Crippen LogP contribution >= 0.6 is 11.6 Å². The van der Waals surface area contributed by atoms with E-state index in [1.54, 1.807) is 61.5 Å². The van der Waals surface area contributed by atoms with Crippen LogP contribution < -0.4 is 10.6 Å². The molecule has 1 aliphatic heterocycles. The summed E-state index contributed by atoms with van der Waals surface area (Å²) in [5, 5.41) is 6.10. The number of carbonyl (C=O) groups excluding carboxylic acids is 1. The van der Waals surface area contributed by atoms with Gasteiger partial charge in [0.25, 0.3) is 0 Å². The van der Waals surface area contributed by atoms with Crippen molar-refractivity contribution in [2.24, 2.45) is 10.4 Å². The predicted octanol–water partition coefficient (Wildman–Crippen LogP) is 4.98. The van der Waals surface area contributed by atoms with Crippen LogP contribution in [0.5, 0.6) is 0 Å². The van der Waals surface area contributed by atoms with Crippen LogP contribution in [-0.4, -0.2) is 54.3 Å². The van der Waals surface area contributed by atoms with Gasteiger partial charge in [-0.15, -0.1) is 0 Å². The van der Waals surface area contributed by atoms with E-state index in [0.29, 0.717) is 35.7 Å². The van der Waals surface area contributed by atoms with E-state index < -0.39 is 57.6 Å². The first-order valence-electron chi connectivity index (χ1n) is 13.1. The van der Waals surface area contributed by atoms with Crippen molar-refractivity contribution in [3.63, 3.8) is 0 Å². The maximum Gasteiger partial charge on any atom is 0.390 e. The van der Waals surface area contributed by atoms with Crippen LogP contribution in [0, 0.1) is 12.3 Å². The van der Waals surface area contributed by atoms with Crippen molar-refractivity contribution in [2.75, 3.05) is 6.54 Å². The van der Waals surface area contributed by atoms with Crippen molar-refractivity contribution in [1.29, 1.82) is 0 Å². The van der Waals surface area contributed by atoms with Gasteiger partial charge < -0.3 is 10.6 Å². The third-order valence-electron chi connectivity index (χ3n) is 8.29. The van der Waals surface area contributed by atoms with Gasteiger partial charge >= 0.3 is 6.18 Å². The second kappa shape index (κ2) is 9.73.